The van der Waals surface area contributed by atoms with Crippen molar-refractivity contribution in [1.29, 1.82) is 0 Å². The largest absolute Gasteiger partial charge is 0.490 e. The van der Waals surface area contributed by atoms with Gasteiger partial charge in [0.05, 0.1) is 17.4 Å². The quantitative estimate of drug-likeness (QED) is 0.607. The first kappa shape index (κ1) is 23.8. The number of hydrogen-bond donors (Lipinski definition) is 3. The van der Waals surface area contributed by atoms with Crippen LogP contribution in [0.1, 0.15) is 19.3 Å². The first-order chi connectivity index (χ1) is 15.7. The lowest BCUT2D eigenvalue weighted by Gasteiger charge is -2.46. The third-order valence-electron chi connectivity index (χ3n) is 6.62. The van der Waals surface area contributed by atoms with Gasteiger partial charge in [-0.2, -0.15) is 0 Å². The van der Waals surface area contributed by atoms with Crippen molar-refractivity contribution in [2.24, 2.45) is 0 Å². The average molecular weight is 467 g/mol. The summed E-state index contributed by atoms with van der Waals surface area (Å²) in [5, 5.41) is 32.5. The molecule has 180 valence electrons. The van der Waals surface area contributed by atoms with Crippen LogP contribution in [0.2, 0.25) is 0 Å². The second-order valence-corrected chi connectivity index (χ2v) is 9.15. The van der Waals surface area contributed by atoms with Crippen molar-refractivity contribution in [2.45, 2.75) is 36.6 Å². The molecule has 0 unspecified atom stereocenters. The minimum atomic E-state index is -1.63. The van der Waals surface area contributed by atoms with Gasteiger partial charge in [-0.25, -0.2) is 13.2 Å². The van der Waals surface area contributed by atoms with Crippen molar-refractivity contribution in [3.8, 4) is 5.75 Å². The van der Waals surface area contributed by atoms with Crippen LogP contribution in [0, 0.1) is 17.5 Å². The molecular weight excluding hydrogens is 437 g/mol. The number of aliphatic hydroxyl groups excluding tert-OH is 1. The lowest BCUT2D eigenvalue weighted by molar-refractivity contribution is -0.149. The van der Waals surface area contributed by atoms with E-state index in [2.05, 4.69) is 0 Å². The number of ether oxygens (including phenoxy) is 1. The number of β-amino-alcohol motifs (C(OH)–C–C–N with tert-alkyl or cyclic N) is 2. The summed E-state index contributed by atoms with van der Waals surface area (Å²) in [7, 11) is 0. The molecule has 0 aliphatic carbocycles. The van der Waals surface area contributed by atoms with Gasteiger partial charge in [0.15, 0.2) is 11.6 Å². The minimum Gasteiger partial charge on any atom is -0.490 e. The van der Waals surface area contributed by atoms with E-state index in [1.54, 1.807) is 18.2 Å². The topological polar surface area (TPSA) is 76.4 Å². The molecule has 33 heavy (non-hydrogen) atoms. The lowest BCUT2D eigenvalue weighted by Crippen LogP contribution is -2.62. The molecule has 2 saturated heterocycles. The van der Waals surface area contributed by atoms with E-state index in [0.717, 1.165) is 12.1 Å². The Kier molecular flexibility index (Phi) is 6.86. The molecular formula is C24H29F3N2O4. The highest BCUT2D eigenvalue weighted by atomic mass is 19.2. The number of anilines is 1. The van der Waals surface area contributed by atoms with Crippen molar-refractivity contribution in [1.82, 2.24) is 4.90 Å². The number of hydrogen-bond acceptors (Lipinski definition) is 6. The van der Waals surface area contributed by atoms with E-state index in [-0.39, 0.29) is 37.7 Å². The molecule has 9 heteroatoms. The molecule has 2 fully saturated rings. The summed E-state index contributed by atoms with van der Waals surface area (Å²) >= 11 is 0. The summed E-state index contributed by atoms with van der Waals surface area (Å²) in [5.41, 5.74) is -2.12. The van der Waals surface area contributed by atoms with E-state index in [0.29, 0.717) is 38.2 Å². The van der Waals surface area contributed by atoms with E-state index in [9.17, 15) is 28.5 Å². The van der Waals surface area contributed by atoms with Gasteiger partial charge in [-0.05, 0) is 43.5 Å². The number of halogens is 3. The fourth-order valence-electron chi connectivity index (χ4n) is 4.64. The number of benzene rings is 2. The van der Waals surface area contributed by atoms with Crippen molar-refractivity contribution < 1.29 is 33.2 Å². The fraction of sp³-hybridized carbons (Fsp3) is 0.500. The van der Waals surface area contributed by atoms with Crippen LogP contribution in [0.4, 0.5) is 18.9 Å². The summed E-state index contributed by atoms with van der Waals surface area (Å²) in [6.45, 7) is 1.51. The van der Waals surface area contributed by atoms with Gasteiger partial charge >= 0.3 is 0 Å². The van der Waals surface area contributed by atoms with Crippen LogP contribution in [0.5, 0.6) is 5.75 Å². The zero-order chi connectivity index (χ0) is 23.6. The molecule has 6 nitrogen and oxygen atoms in total. The van der Waals surface area contributed by atoms with Gasteiger partial charge in [0.2, 0.25) is 0 Å². The van der Waals surface area contributed by atoms with Crippen LogP contribution in [0.25, 0.3) is 0 Å². The molecule has 2 atom stereocenters. The highest BCUT2D eigenvalue weighted by molar-refractivity contribution is 5.48. The maximum atomic E-state index is 14.1. The zero-order valence-electron chi connectivity index (χ0n) is 18.3. The van der Waals surface area contributed by atoms with Gasteiger partial charge in [0.1, 0.15) is 23.8 Å². The van der Waals surface area contributed by atoms with Gasteiger partial charge in [-0.15, -0.1) is 0 Å². The smallest absolute Gasteiger partial charge is 0.162 e. The highest BCUT2D eigenvalue weighted by Gasteiger charge is 2.44. The van der Waals surface area contributed by atoms with Gasteiger partial charge in [-0.1, -0.05) is 12.1 Å². The molecule has 0 aromatic heterocycles. The predicted molar refractivity (Wildman–Crippen MR) is 117 cm³/mol. The Bertz CT molecular complexity index is 970. The summed E-state index contributed by atoms with van der Waals surface area (Å²) < 4.78 is 46.1. The van der Waals surface area contributed by atoms with Crippen LogP contribution in [-0.4, -0.2) is 76.9 Å². The maximum Gasteiger partial charge on any atom is 0.162 e. The number of nitrogens with zero attached hydrogens (tertiary/aromatic N) is 2. The molecule has 2 aromatic rings. The van der Waals surface area contributed by atoms with Crippen LogP contribution < -0.4 is 9.64 Å². The van der Waals surface area contributed by atoms with Gasteiger partial charge in [0.25, 0.3) is 0 Å². The summed E-state index contributed by atoms with van der Waals surface area (Å²) in [6, 6.07) is 9.63. The molecule has 0 bridgehead atoms. The average Bonchev–Trinajstić information content (AvgIpc) is 2.78. The number of para-hydroxylation sites is 1. The van der Waals surface area contributed by atoms with Crippen molar-refractivity contribution in [3.05, 3.63) is 59.9 Å². The molecule has 0 amide bonds. The number of aliphatic hydroxyl groups is 3. The molecule has 2 aromatic carbocycles. The van der Waals surface area contributed by atoms with Crippen LogP contribution in [0.15, 0.2) is 42.5 Å². The third-order valence-corrected chi connectivity index (χ3v) is 6.62. The Morgan fingerprint density at radius 2 is 1.67 bits per heavy atom. The Morgan fingerprint density at radius 1 is 0.939 bits per heavy atom. The van der Waals surface area contributed by atoms with Crippen molar-refractivity contribution >= 4 is 5.69 Å². The van der Waals surface area contributed by atoms with E-state index < -0.39 is 28.9 Å². The Hall–Kier alpha value is -2.33. The molecule has 3 N–H and O–H groups in total. The standard InChI is InChI=1S/C24H29F3N2O4/c25-18-6-5-17(13-20(18)27)33-16-24(32)15-28(10-7-22(24)30)14-23(31)8-11-29(12-9-23)21-4-2-1-3-19(21)26/h1-6,13,22,30-32H,7-12,14-16H2/t22-,24-/m0/s1. The molecule has 2 aliphatic heterocycles. The summed E-state index contributed by atoms with van der Waals surface area (Å²) in [4.78, 5) is 3.79. The molecule has 0 spiro atoms. The second kappa shape index (κ2) is 9.50. The number of piperidine rings is 2. The Morgan fingerprint density at radius 3 is 2.36 bits per heavy atom. The normalized spacial score (nSPS) is 25.8. The van der Waals surface area contributed by atoms with Crippen LogP contribution in [-0.2, 0) is 0 Å². The summed E-state index contributed by atoms with van der Waals surface area (Å²) in [6.07, 6.45) is 0.0836. The third kappa shape index (κ3) is 5.43. The molecule has 2 aliphatic rings. The summed E-state index contributed by atoms with van der Waals surface area (Å²) in [5.74, 6) is -2.31. The maximum absolute atomic E-state index is 14.1. The van der Waals surface area contributed by atoms with E-state index in [1.165, 1.54) is 12.1 Å². The molecule has 2 heterocycles. The number of rotatable bonds is 6. The van der Waals surface area contributed by atoms with E-state index in [1.807, 2.05) is 9.80 Å². The van der Waals surface area contributed by atoms with E-state index in [4.69, 9.17) is 4.74 Å². The van der Waals surface area contributed by atoms with Gasteiger partial charge in [-0.3, -0.25) is 4.90 Å². The van der Waals surface area contributed by atoms with Crippen LogP contribution >= 0.6 is 0 Å². The lowest BCUT2D eigenvalue weighted by atomic mass is 9.86. The second-order valence-electron chi connectivity index (χ2n) is 9.15. The Balaban J connectivity index is 1.34. The van der Waals surface area contributed by atoms with Crippen molar-refractivity contribution in [2.75, 3.05) is 44.2 Å². The molecule has 0 saturated carbocycles. The monoisotopic (exact) mass is 466 g/mol. The van der Waals surface area contributed by atoms with Gasteiger partial charge in [0, 0.05) is 38.8 Å². The SMILES string of the molecule is O[C@H]1CCN(CC2(O)CCN(c3ccccc3F)CC2)C[C@]1(O)COc1ccc(F)c(F)c1. The fourth-order valence-corrected chi connectivity index (χ4v) is 4.64. The van der Waals surface area contributed by atoms with E-state index >= 15 is 0 Å². The molecule has 0 radical (unpaired) electrons. The first-order valence-corrected chi connectivity index (χ1v) is 11.1. The van der Waals surface area contributed by atoms with Crippen molar-refractivity contribution in [3.63, 3.8) is 0 Å². The zero-order valence-corrected chi connectivity index (χ0v) is 18.3. The van der Waals surface area contributed by atoms with Crippen LogP contribution in [0.3, 0.4) is 0 Å². The number of likely N-dealkylation sites (tertiary alicyclic amines) is 1. The first-order valence-electron chi connectivity index (χ1n) is 11.1. The minimum absolute atomic E-state index is 0.0470. The molecule has 4 rings (SSSR count). The van der Waals surface area contributed by atoms with Gasteiger partial charge < -0.3 is 25.0 Å². The highest BCUT2D eigenvalue weighted by Crippen LogP contribution is 2.31. The predicted octanol–water partition coefficient (Wildman–Crippen LogP) is 2.31. The Labute approximate surface area is 190 Å².